The SMILES string of the molecule is C1=CCCC(C2=NC(c3ccccc3)N=C(c3cccc4sc5c(-c6cccc7ncccc67)cccc5c34)N2)=C1. The lowest BCUT2D eigenvalue weighted by Crippen LogP contribution is -2.36. The van der Waals surface area contributed by atoms with Crippen LogP contribution in [0.15, 0.2) is 137 Å². The Labute approximate surface area is 242 Å². The highest BCUT2D eigenvalue weighted by Crippen LogP contribution is 2.43. The van der Waals surface area contributed by atoms with Crippen LogP contribution in [0, 0.1) is 0 Å². The van der Waals surface area contributed by atoms with Gasteiger partial charge in [0.1, 0.15) is 11.7 Å². The van der Waals surface area contributed by atoms with E-state index in [1.807, 2.05) is 29.7 Å². The lowest BCUT2D eigenvalue weighted by Gasteiger charge is -2.24. The minimum atomic E-state index is -0.298. The molecule has 3 heterocycles. The van der Waals surface area contributed by atoms with Crippen molar-refractivity contribution in [1.82, 2.24) is 10.3 Å². The molecule has 41 heavy (non-hydrogen) atoms. The first-order valence-electron chi connectivity index (χ1n) is 14.0. The van der Waals surface area contributed by atoms with Gasteiger partial charge in [-0.2, -0.15) is 0 Å². The molecule has 2 aromatic heterocycles. The number of fused-ring (bicyclic) bond motifs is 4. The molecule has 196 valence electrons. The Morgan fingerprint density at radius 1 is 0.707 bits per heavy atom. The molecule has 1 N–H and O–H groups in total. The molecule has 1 unspecified atom stereocenters. The van der Waals surface area contributed by atoms with Crippen molar-refractivity contribution in [3.63, 3.8) is 0 Å². The Balaban J connectivity index is 1.32. The number of rotatable bonds is 4. The summed E-state index contributed by atoms with van der Waals surface area (Å²) in [5.74, 6) is 1.78. The quantitative estimate of drug-likeness (QED) is 0.240. The van der Waals surface area contributed by atoms with Gasteiger partial charge in [0.05, 0.1) is 5.52 Å². The highest BCUT2D eigenvalue weighted by atomic mass is 32.1. The largest absolute Gasteiger partial charge is 0.325 e. The molecular formula is C36H26N4S. The number of thiophene rings is 1. The minimum Gasteiger partial charge on any atom is -0.325 e. The van der Waals surface area contributed by atoms with E-state index in [1.165, 1.54) is 42.3 Å². The number of benzene rings is 4. The van der Waals surface area contributed by atoms with Crippen molar-refractivity contribution in [1.29, 1.82) is 0 Å². The van der Waals surface area contributed by atoms with Crippen LogP contribution in [0.1, 0.15) is 30.1 Å². The van der Waals surface area contributed by atoms with E-state index in [4.69, 9.17) is 9.98 Å². The van der Waals surface area contributed by atoms with Crippen molar-refractivity contribution in [2.24, 2.45) is 9.98 Å². The third-order valence-corrected chi connectivity index (χ3v) is 9.07. The maximum atomic E-state index is 5.19. The molecule has 1 aliphatic heterocycles. The number of aliphatic imine (C=N–C) groups is 2. The van der Waals surface area contributed by atoms with E-state index in [0.717, 1.165) is 41.2 Å². The van der Waals surface area contributed by atoms with E-state index in [-0.39, 0.29) is 6.17 Å². The molecule has 5 heteroatoms. The molecule has 0 bridgehead atoms. The molecule has 1 atom stereocenters. The predicted octanol–water partition coefficient (Wildman–Crippen LogP) is 8.99. The van der Waals surface area contributed by atoms with Crippen LogP contribution in [0.2, 0.25) is 0 Å². The Kier molecular flexibility index (Phi) is 5.82. The first-order valence-corrected chi connectivity index (χ1v) is 14.8. The monoisotopic (exact) mass is 546 g/mol. The van der Waals surface area contributed by atoms with Gasteiger partial charge < -0.3 is 5.32 Å². The second-order valence-corrected chi connectivity index (χ2v) is 11.4. The summed E-state index contributed by atoms with van der Waals surface area (Å²) >= 11 is 1.84. The number of hydrogen-bond donors (Lipinski definition) is 1. The van der Waals surface area contributed by atoms with E-state index in [9.17, 15) is 0 Å². The fourth-order valence-corrected chi connectivity index (χ4v) is 7.18. The molecule has 0 fully saturated rings. The molecular weight excluding hydrogens is 520 g/mol. The lowest BCUT2D eigenvalue weighted by atomic mass is 9.97. The summed E-state index contributed by atoms with van der Waals surface area (Å²) < 4.78 is 2.52. The molecule has 2 aliphatic rings. The highest BCUT2D eigenvalue weighted by Gasteiger charge is 2.24. The van der Waals surface area contributed by atoms with Crippen molar-refractivity contribution < 1.29 is 0 Å². The number of nitrogens with zero attached hydrogens (tertiary/aromatic N) is 3. The zero-order chi connectivity index (χ0) is 27.2. The van der Waals surface area contributed by atoms with Crippen LogP contribution in [0.3, 0.4) is 0 Å². The molecule has 6 aromatic rings. The molecule has 0 saturated heterocycles. The van der Waals surface area contributed by atoms with Crippen LogP contribution in [-0.4, -0.2) is 16.7 Å². The van der Waals surface area contributed by atoms with Crippen LogP contribution in [0.5, 0.6) is 0 Å². The van der Waals surface area contributed by atoms with Crippen LogP contribution < -0.4 is 5.32 Å². The highest BCUT2D eigenvalue weighted by molar-refractivity contribution is 7.26. The Morgan fingerprint density at radius 2 is 1.51 bits per heavy atom. The summed E-state index contributed by atoms with van der Waals surface area (Å²) in [5.41, 5.74) is 6.86. The average molecular weight is 547 g/mol. The first kappa shape index (κ1) is 24.0. The van der Waals surface area contributed by atoms with Crippen LogP contribution in [-0.2, 0) is 0 Å². The fourth-order valence-electron chi connectivity index (χ4n) is 5.92. The number of pyridine rings is 1. The minimum absolute atomic E-state index is 0.298. The smallest absolute Gasteiger partial charge is 0.169 e. The van der Waals surface area contributed by atoms with Gasteiger partial charge in [0.15, 0.2) is 6.17 Å². The van der Waals surface area contributed by atoms with Crippen molar-refractivity contribution in [3.05, 3.63) is 138 Å². The second-order valence-electron chi connectivity index (χ2n) is 10.4. The molecule has 8 rings (SSSR count). The van der Waals surface area contributed by atoms with Crippen LogP contribution in [0.4, 0.5) is 0 Å². The molecule has 0 spiro atoms. The summed E-state index contributed by atoms with van der Waals surface area (Å²) in [6, 6.07) is 34.1. The third kappa shape index (κ3) is 4.17. The Hall–Kier alpha value is -4.87. The van der Waals surface area contributed by atoms with Crippen molar-refractivity contribution in [2.75, 3.05) is 0 Å². The fraction of sp³-hybridized carbons (Fsp3) is 0.0833. The number of nitrogens with one attached hydrogen (secondary N) is 1. The maximum absolute atomic E-state index is 5.19. The number of allylic oxidation sites excluding steroid dienone is 3. The van der Waals surface area contributed by atoms with Crippen molar-refractivity contribution >= 4 is 54.1 Å². The van der Waals surface area contributed by atoms with Gasteiger partial charge in [-0.25, -0.2) is 9.98 Å². The Morgan fingerprint density at radius 3 is 2.41 bits per heavy atom. The summed E-state index contributed by atoms with van der Waals surface area (Å²) in [7, 11) is 0. The zero-order valence-electron chi connectivity index (χ0n) is 22.3. The average Bonchev–Trinajstić information content (AvgIpc) is 3.44. The number of hydrogen-bond acceptors (Lipinski definition) is 5. The molecule has 1 aliphatic carbocycles. The summed E-state index contributed by atoms with van der Waals surface area (Å²) in [6.45, 7) is 0. The van der Waals surface area contributed by atoms with Crippen molar-refractivity contribution in [2.45, 2.75) is 19.0 Å². The zero-order valence-corrected chi connectivity index (χ0v) is 23.1. The summed E-state index contributed by atoms with van der Waals surface area (Å²) in [5, 5.41) is 7.28. The van der Waals surface area contributed by atoms with E-state index in [1.54, 1.807) is 0 Å². The second kappa shape index (κ2) is 9.95. The van der Waals surface area contributed by atoms with E-state index in [2.05, 4.69) is 113 Å². The predicted molar refractivity (Wildman–Crippen MR) is 173 cm³/mol. The maximum Gasteiger partial charge on any atom is 0.169 e. The van der Waals surface area contributed by atoms with Gasteiger partial charge in [0.25, 0.3) is 0 Å². The van der Waals surface area contributed by atoms with Gasteiger partial charge in [0, 0.05) is 42.9 Å². The topological polar surface area (TPSA) is 49.6 Å². The summed E-state index contributed by atoms with van der Waals surface area (Å²) in [6.07, 6.45) is 10.1. The van der Waals surface area contributed by atoms with Gasteiger partial charge in [-0.3, -0.25) is 4.98 Å². The van der Waals surface area contributed by atoms with Gasteiger partial charge >= 0.3 is 0 Å². The third-order valence-electron chi connectivity index (χ3n) is 7.87. The number of aromatic nitrogens is 1. The first-order chi connectivity index (χ1) is 20.3. The van der Waals surface area contributed by atoms with Crippen LogP contribution in [0.25, 0.3) is 42.2 Å². The van der Waals surface area contributed by atoms with E-state index >= 15 is 0 Å². The van der Waals surface area contributed by atoms with Crippen molar-refractivity contribution in [3.8, 4) is 11.1 Å². The number of amidine groups is 2. The molecule has 4 nitrogen and oxygen atoms in total. The van der Waals surface area contributed by atoms with E-state index < -0.39 is 0 Å². The summed E-state index contributed by atoms with van der Waals surface area (Å²) in [4.78, 5) is 14.9. The standard InChI is InChI=1S/C36H26N4S/c1-3-11-23(12-4-1)34-38-35(24-13-5-2-6-14-24)40-36(39-34)29-18-9-21-31-32(29)28-17-7-16-27(33(28)41-31)25-15-8-20-30-26(25)19-10-22-37-30/h1-5,7-13,15-22,34H,6,14H2,(H,38,39,40). The molecule has 0 saturated carbocycles. The van der Waals surface area contributed by atoms with E-state index in [0.29, 0.717) is 0 Å². The molecule has 0 radical (unpaired) electrons. The van der Waals surface area contributed by atoms with Gasteiger partial charge in [-0.15, -0.1) is 11.3 Å². The molecule has 4 aromatic carbocycles. The normalized spacial score (nSPS) is 16.9. The molecule has 0 amide bonds. The van der Waals surface area contributed by atoms with Gasteiger partial charge in [-0.1, -0.05) is 97.1 Å². The lowest BCUT2D eigenvalue weighted by molar-refractivity contribution is 0.752. The van der Waals surface area contributed by atoms with Crippen LogP contribution >= 0.6 is 11.3 Å². The van der Waals surface area contributed by atoms with Gasteiger partial charge in [0.2, 0.25) is 0 Å². The van der Waals surface area contributed by atoms with Gasteiger partial charge in [-0.05, 0) is 47.7 Å². The Bertz CT molecular complexity index is 2080.